The molecule has 0 fully saturated rings. The van der Waals surface area contributed by atoms with Crippen molar-refractivity contribution in [3.05, 3.63) is 33.4 Å². The van der Waals surface area contributed by atoms with Gasteiger partial charge in [-0.3, -0.25) is 10.1 Å². The number of nitro benzene ring substituents is 1. The molecule has 0 radical (unpaired) electrons. The lowest BCUT2D eigenvalue weighted by atomic mass is 9.95. The van der Waals surface area contributed by atoms with Crippen molar-refractivity contribution < 1.29 is 13.3 Å². The summed E-state index contributed by atoms with van der Waals surface area (Å²) in [5, 5.41) is 11.1. The molecule has 3 N–H and O–H groups in total. The van der Waals surface area contributed by atoms with Gasteiger partial charge in [-0.25, -0.2) is 13.1 Å². The minimum atomic E-state index is -4.01. The molecule has 0 atom stereocenters. The number of benzene rings is 1. The van der Waals surface area contributed by atoms with Gasteiger partial charge < -0.3 is 5.73 Å². The first kappa shape index (κ1) is 21.8. The van der Waals surface area contributed by atoms with Gasteiger partial charge in [0.15, 0.2) is 4.90 Å². The molecule has 0 aliphatic rings. The highest BCUT2D eigenvalue weighted by Crippen LogP contribution is 2.29. The number of nitrogens with two attached hydrogens (primary N) is 1. The van der Waals surface area contributed by atoms with Crippen LogP contribution in [0.3, 0.4) is 0 Å². The Balaban J connectivity index is 0.00000484. The lowest BCUT2D eigenvalue weighted by Crippen LogP contribution is -2.49. The summed E-state index contributed by atoms with van der Waals surface area (Å²) in [6, 6.07) is 2.75. The Labute approximate surface area is 143 Å². The molecule has 0 heterocycles. The first-order valence-electron chi connectivity index (χ1n) is 7.11. The molecule has 0 unspecified atom stereocenters. The van der Waals surface area contributed by atoms with Gasteiger partial charge in [0.05, 0.1) is 4.92 Å². The van der Waals surface area contributed by atoms with Crippen LogP contribution in [-0.4, -0.2) is 25.4 Å². The highest BCUT2D eigenvalue weighted by molar-refractivity contribution is 7.89. The van der Waals surface area contributed by atoms with Gasteiger partial charge in [-0.15, -0.1) is 12.4 Å². The average Bonchev–Trinajstić information content (AvgIpc) is 2.47. The van der Waals surface area contributed by atoms with Gasteiger partial charge in [0.1, 0.15) is 0 Å². The van der Waals surface area contributed by atoms with Crippen LogP contribution >= 0.6 is 12.4 Å². The molecule has 0 amide bonds. The summed E-state index contributed by atoms with van der Waals surface area (Å²) >= 11 is 0. The maximum atomic E-state index is 12.5. The topological polar surface area (TPSA) is 115 Å². The van der Waals surface area contributed by atoms with Gasteiger partial charge in [0.2, 0.25) is 10.0 Å². The zero-order valence-corrected chi connectivity index (χ0v) is 15.4. The molecular weight excluding hydrogens is 342 g/mol. The van der Waals surface area contributed by atoms with E-state index in [0.717, 1.165) is 0 Å². The average molecular weight is 366 g/mol. The highest BCUT2D eigenvalue weighted by Gasteiger charge is 2.31. The predicted molar refractivity (Wildman–Crippen MR) is 92.5 cm³/mol. The van der Waals surface area contributed by atoms with Gasteiger partial charge in [-0.05, 0) is 37.8 Å². The number of hydrogen-bond acceptors (Lipinski definition) is 5. The second kappa shape index (κ2) is 8.05. The molecule has 1 aromatic rings. The first-order chi connectivity index (χ1) is 10.1. The van der Waals surface area contributed by atoms with E-state index in [1.54, 1.807) is 13.8 Å². The van der Waals surface area contributed by atoms with Crippen molar-refractivity contribution in [1.82, 2.24) is 4.72 Å². The van der Waals surface area contributed by atoms with E-state index in [2.05, 4.69) is 4.72 Å². The van der Waals surface area contributed by atoms with Crippen LogP contribution in [0, 0.1) is 24.0 Å². The van der Waals surface area contributed by atoms with E-state index in [4.69, 9.17) is 5.73 Å². The summed E-state index contributed by atoms with van der Waals surface area (Å²) in [5.41, 5.74) is 6.04. The van der Waals surface area contributed by atoms with Gasteiger partial charge in [0, 0.05) is 18.2 Å². The largest absolute Gasteiger partial charge is 0.324 e. The molecule has 0 aliphatic carbocycles. The molecule has 1 rings (SSSR count). The second-order valence-corrected chi connectivity index (χ2v) is 7.21. The minimum Gasteiger partial charge on any atom is -0.324 e. The molecule has 7 nitrogen and oxygen atoms in total. The van der Waals surface area contributed by atoms with E-state index < -0.39 is 26.2 Å². The van der Waals surface area contributed by atoms with Crippen LogP contribution in [-0.2, 0) is 10.0 Å². The van der Waals surface area contributed by atoms with Crippen LogP contribution in [0.5, 0.6) is 0 Å². The molecule has 1 aromatic carbocycles. The fourth-order valence-corrected chi connectivity index (χ4v) is 3.67. The maximum absolute atomic E-state index is 12.5. The standard InChI is InChI=1S/C14H23N3O4S.ClH/c1-5-14(15,6-2)9-16-22(20,21)13-11(4)10(3)7-8-12(13)17(18)19;/h7-8,16H,5-6,9,15H2,1-4H3;1H. The monoisotopic (exact) mass is 365 g/mol. The van der Waals surface area contributed by atoms with Crippen molar-refractivity contribution in [3.63, 3.8) is 0 Å². The second-order valence-electron chi connectivity index (χ2n) is 5.51. The zero-order chi connectivity index (χ0) is 17.1. The van der Waals surface area contributed by atoms with Gasteiger partial charge in [0.25, 0.3) is 5.69 Å². The van der Waals surface area contributed by atoms with Crippen LogP contribution in [0.25, 0.3) is 0 Å². The number of nitrogens with one attached hydrogen (secondary N) is 1. The van der Waals surface area contributed by atoms with Crippen LogP contribution in [0.4, 0.5) is 5.69 Å². The summed E-state index contributed by atoms with van der Waals surface area (Å²) < 4.78 is 27.5. The lowest BCUT2D eigenvalue weighted by Gasteiger charge is -2.26. The number of nitrogens with zero attached hydrogens (tertiary/aromatic N) is 1. The molecular formula is C14H24ClN3O4S. The molecule has 0 aromatic heterocycles. The quantitative estimate of drug-likeness (QED) is 0.568. The normalized spacial score (nSPS) is 11.9. The Bertz CT molecular complexity index is 673. The Kier molecular flexibility index (Phi) is 7.62. The minimum absolute atomic E-state index is 0. The van der Waals surface area contributed by atoms with E-state index in [1.807, 2.05) is 13.8 Å². The molecule has 132 valence electrons. The van der Waals surface area contributed by atoms with Gasteiger partial charge in [-0.1, -0.05) is 19.9 Å². The number of hydrogen-bond donors (Lipinski definition) is 2. The van der Waals surface area contributed by atoms with Crippen LogP contribution < -0.4 is 10.5 Å². The Morgan fingerprint density at radius 1 is 1.26 bits per heavy atom. The number of aryl methyl sites for hydroxylation is 1. The smallest absolute Gasteiger partial charge is 0.289 e. The summed E-state index contributed by atoms with van der Waals surface area (Å²) in [4.78, 5) is 10.2. The summed E-state index contributed by atoms with van der Waals surface area (Å²) in [6.07, 6.45) is 1.20. The van der Waals surface area contributed by atoms with Crippen molar-refractivity contribution >= 4 is 28.1 Å². The van der Waals surface area contributed by atoms with Crippen LogP contribution in [0.15, 0.2) is 17.0 Å². The van der Waals surface area contributed by atoms with E-state index in [0.29, 0.717) is 24.0 Å². The maximum Gasteiger partial charge on any atom is 0.289 e. The predicted octanol–water partition coefficient (Wildman–Crippen LogP) is 2.43. The molecule has 0 bridgehead atoms. The SMILES string of the molecule is CCC(N)(CC)CNS(=O)(=O)c1c([N+](=O)[O-])ccc(C)c1C.Cl. The van der Waals surface area contributed by atoms with Gasteiger partial charge >= 0.3 is 0 Å². The third kappa shape index (κ3) is 4.87. The Morgan fingerprint density at radius 2 is 1.78 bits per heavy atom. The Morgan fingerprint density at radius 3 is 2.22 bits per heavy atom. The van der Waals surface area contributed by atoms with Crippen molar-refractivity contribution in [2.24, 2.45) is 5.73 Å². The highest BCUT2D eigenvalue weighted by atomic mass is 35.5. The van der Waals surface area contributed by atoms with Crippen LogP contribution in [0.2, 0.25) is 0 Å². The van der Waals surface area contributed by atoms with Crippen molar-refractivity contribution in [3.8, 4) is 0 Å². The molecule has 0 saturated heterocycles. The summed E-state index contributed by atoms with van der Waals surface area (Å²) in [7, 11) is -4.01. The van der Waals surface area contributed by atoms with Crippen molar-refractivity contribution in [1.29, 1.82) is 0 Å². The van der Waals surface area contributed by atoms with Crippen LogP contribution in [0.1, 0.15) is 37.8 Å². The molecule has 0 spiro atoms. The molecule has 0 saturated carbocycles. The number of nitro groups is 1. The van der Waals surface area contributed by atoms with Crippen molar-refractivity contribution in [2.75, 3.05) is 6.54 Å². The first-order valence-corrected chi connectivity index (χ1v) is 8.59. The number of sulfonamides is 1. The van der Waals surface area contributed by atoms with E-state index >= 15 is 0 Å². The third-order valence-electron chi connectivity index (χ3n) is 4.14. The number of halogens is 1. The molecule has 9 heteroatoms. The fraction of sp³-hybridized carbons (Fsp3) is 0.571. The van der Waals surface area contributed by atoms with E-state index in [1.165, 1.54) is 12.1 Å². The molecule has 23 heavy (non-hydrogen) atoms. The molecule has 0 aliphatic heterocycles. The van der Waals surface area contributed by atoms with Crippen molar-refractivity contribution in [2.45, 2.75) is 51.0 Å². The summed E-state index contributed by atoms with van der Waals surface area (Å²) in [5.74, 6) is 0. The third-order valence-corrected chi connectivity index (χ3v) is 5.72. The van der Waals surface area contributed by atoms with E-state index in [-0.39, 0.29) is 23.8 Å². The fourth-order valence-electron chi connectivity index (χ4n) is 2.07. The number of rotatable bonds is 7. The zero-order valence-electron chi connectivity index (χ0n) is 13.8. The van der Waals surface area contributed by atoms with Gasteiger partial charge in [-0.2, -0.15) is 0 Å². The summed E-state index contributed by atoms with van der Waals surface area (Å²) in [6.45, 7) is 7.05. The lowest BCUT2D eigenvalue weighted by molar-refractivity contribution is -0.387. The van der Waals surface area contributed by atoms with E-state index in [9.17, 15) is 18.5 Å². The Hall–Kier alpha value is -1.22.